The van der Waals surface area contributed by atoms with E-state index in [2.05, 4.69) is 9.97 Å². The third kappa shape index (κ3) is 2.11. The zero-order valence-electron chi connectivity index (χ0n) is 10.2. The standard InChI is InChI=1S/C13H14FN3O/c1-3-9-11(15)16-12(17-13(9)18)10-5-4-8(14)6-7(10)2/h4-6H,3H2,1-2H3,(H3,15,16,17,18). The quantitative estimate of drug-likeness (QED) is 0.852. The molecule has 0 unspecified atom stereocenters. The molecule has 0 aliphatic carbocycles. The topological polar surface area (TPSA) is 71.8 Å². The summed E-state index contributed by atoms with van der Waals surface area (Å²) in [6, 6.07) is 4.29. The van der Waals surface area contributed by atoms with E-state index in [0.717, 1.165) is 0 Å². The number of hydrogen-bond acceptors (Lipinski definition) is 3. The second kappa shape index (κ2) is 4.60. The fourth-order valence-corrected chi connectivity index (χ4v) is 1.88. The van der Waals surface area contributed by atoms with Crippen LogP contribution in [0.5, 0.6) is 0 Å². The summed E-state index contributed by atoms with van der Waals surface area (Å²) in [6.07, 6.45) is 0.525. The molecule has 0 radical (unpaired) electrons. The largest absolute Gasteiger partial charge is 0.383 e. The van der Waals surface area contributed by atoms with E-state index in [4.69, 9.17) is 5.73 Å². The van der Waals surface area contributed by atoms with Crippen LogP contribution in [0, 0.1) is 12.7 Å². The SMILES string of the molecule is CCc1c(N)nc(-c2ccc(F)cc2C)[nH]c1=O. The van der Waals surface area contributed by atoms with Gasteiger partial charge in [-0.1, -0.05) is 6.92 Å². The number of halogens is 1. The van der Waals surface area contributed by atoms with Crippen molar-refractivity contribution < 1.29 is 4.39 Å². The lowest BCUT2D eigenvalue weighted by Crippen LogP contribution is -2.17. The molecule has 2 rings (SSSR count). The Bertz CT molecular complexity index is 649. The van der Waals surface area contributed by atoms with Gasteiger partial charge in [0.15, 0.2) is 0 Å². The van der Waals surface area contributed by atoms with E-state index in [9.17, 15) is 9.18 Å². The lowest BCUT2D eigenvalue weighted by molar-refractivity contribution is 0.627. The smallest absolute Gasteiger partial charge is 0.256 e. The fourth-order valence-electron chi connectivity index (χ4n) is 1.88. The predicted octanol–water partition coefficient (Wildman–Crippen LogP) is 2.03. The fraction of sp³-hybridized carbons (Fsp3) is 0.231. The molecule has 0 amide bonds. The number of hydrogen-bond donors (Lipinski definition) is 2. The summed E-state index contributed by atoms with van der Waals surface area (Å²) in [5, 5.41) is 0. The second-order valence-corrected chi connectivity index (χ2v) is 4.09. The van der Waals surface area contributed by atoms with Crippen molar-refractivity contribution in [1.82, 2.24) is 9.97 Å². The number of H-pyrrole nitrogens is 1. The molecule has 1 aromatic heterocycles. The van der Waals surface area contributed by atoms with Crippen LogP contribution < -0.4 is 11.3 Å². The van der Waals surface area contributed by atoms with Gasteiger partial charge in [-0.2, -0.15) is 0 Å². The monoisotopic (exact) mass is 247 g/mol. The Balaban J connectivity index is 2.62. The summed E-state index contributed by atoms with van der Waals surface area (Å²) in [5.41, 5.74) is 7.33. The first-order valence-corrected chi connectivity index (χ1v) is 5.68. The van der Waals surface area contributed by atoms with E-state index in [-0.39, 0.29) is 17.2 Å². The molecule has 5 heteroatoms. The van der Waals surface area contributed by atoms with Gasteiger partial charge in [-0.3, -0.25) is 4.79 Å². The predicted molar refractivity (Wildman–Crippen MR) is 68.8 cm³/mol. The molecule has 0 bridgehead atoms. The van der Waals surface area contributed by atoms with Gasteiger partial charge >= 0.3 is 0 Å². The summed E-state index contributed by atoms with van der Waals surface area (Å²) in [6.45, 7) is 3.59. The Morgan fingerprint density at radius 2 is 2.17 bits per heavy atom. The minimum absolute atomic E-state index is 0.222. The second-order valence-electron chi connectivity index (χ2n) is 4.09. The lowest BCUT2D eigenvalue weighted by atomic mass is 10.1. The van der Waals surface area contributed by atoms with Gasteiger partial charge in [0.05, 0.1) is 5.56 Å². The highest BCUT2D eigenvalue weighted by Gasteiger charge is 2.10. The number of aryl methyl sites for hydroxylation is 1. The summed E-state index contributed by atoms with van der Waals surface area (Å²) >= 11 is 0. The van der Waals surface area contributed by atoms with Gasteiger partial charge < -0.3 is 10.7 Å². The van der Waals surface area contributed by atoms with Gasteiger partial charge in [0.1, 0.15) is 17.5 Å². The highest BCUT2D eigenvalue weighted by molar-refractivity contribution is 5.61. The molecule has 0 fully saturated rings. The van der Waals surface area contributed by atoms with Crippen LogP contribution in [0.4, 0.5) is 10.2 Å². The minimum Gasteiger partial charge on any atom is -0.383 e. The van der Waals surface area contributed by atoms with E-state index >= 15 is 0 Å². The van der Waals surface area contributed by atoms with Crippen LogP contribution in [0.1, 0.15) is 18.1 Å². The maximum absolute atomic E-state index is 13.0. The van der Waals surface area contributed by atoms with E-state index in [0.29, 0.717) is 28.9 Å². The number of aromatic amines is 1. The number of anilines is 1. The molecule has 94 valence electrons. The molecular weight excluding hydrogens is 233 g/mol. The average molecular weight is 247 g/mol. The van der Waals surface area contributed by atoms with Crippen molar-refractivity contribution in [2.24, 2.45) is 0 Å². The molecule has 0 aliphatic rings. The average Bonchev–Trinajstić information content (AvgIpc) is 2.28. The van der Waals surface area contributed by atoms with E-state index in [1.165, 1.54) is 12.1 Å². The maximum Gasteiger partial charge on any atom is 0.256 e. The van der Waals surface area contributed by atoms with Crippen molar-refractivity contribution in [3.05, 3.63) is 45.5 Å². The van der Waals surface area contributed by atoms with Crippen LogP contribution >= 0.6 is 0 Å². The highest BCUT2D eigenvalue weighted by atomic mass is 19.1. The van der Waals surface area contributed by atoms with E-state index < -0.39 is 0 Å². The van der Waals surface area contributed by atoms with Gasteiger partial charge in [0, 0.05) is 5.56 Å². The number of nitrogens with zero attached hydrogens (tertiary/aromatic N) is 1. The zero-order chi connectivity index (χ0) is 13.3. The normalized spacial score (nSPS) is 10.6. The molecule has 4 nitrogen and oxygen atoms in total. The Hall–Kier alpha value is -2.17. The first-order chi connectivity index (χ1) is 8.52. The Morgan fingerprint density at radius 1 is 1.44 bits per heavy atom. The summed E-state index contributed by atoms with van der Waals surface area (Å²) in [7, 11) is 0. The maximum atomic E-state index is 13.0. The summed E-state index contributed by atoms with van der Waals surface area (Å²) in [5.74, 6) is 0.268. The Kier molecular flexibility index (Phi) is 3.14. The first kappa shape index (κ1) is 12.3. The van der Waals surface area contributed by atoms with Gasteiger partial charge in [-0.25, -0.2) is 9.37 Å². The third-order valence-electron chi connectivity index (χ3n) is 2.84. The summed E-state index contributed by atoms with van der Waals surface area (Å²) < 4.78 is 13.0. The molecule has 1 heterocycles. The van der Waals surface area contributed by atoms with Crippen molar-refractivity contribution in [2.45, 2.75) is 20.3 Å². The van der Waals surface area contributed by atoms with Crippen LogP contribution in [0.2, 0.25) is 0 Å². The van der Waals surface area contributed by atoms with Crippen molar-refractivity contribution in [2.75, 3.05) is 5.73 Å². The molecule has 0 atom stereocenters. The van der Waals surface area contributed by atoms with Crippen molar-refractivity contribution >= 4 is 5.82 Å². The molecule has 0 saturated heterocycles. The molecule has 18 heavy (non-hydrogen) atoms. The highest BCUT2D eigenvalue weighted by Crippen LogP contribution is 2.20. The number of rotatable bonds is 2. The number of aromatic nitrogens is 2. The molecule has 0 spiro atoms. The first-order valence-electron chi connectivity index (χ1n) is 5.68. The minimum atomic E-state index is -0.322. The van der Waals surface area contributed by atoms with E-state index in [1.807, 2.05) is 6.92 Å². The molecule has 0 aliphatic heterocycles. The van der Waals surface area contributed by atoms with Crippen LogP contribution in [0.3, 0.4) is 0 Å². The van der Waals surface area contributed by atoms with Gasteiger partial charge in [-0.15, -0.1) is 0 Å². The third-order valence-corrected chi connectivity index (χ3v) is 2.84. The van der Waals surface area contributed by atoms with Crippen molar-refractivity contribution in [3.63, 3.8) is 0 Å². The van der Waals surface area contributed by atoms with Crippen LogP contribution in [0.15, 0.2) is 23.0 Å². The van der Waals surface area contributed by atoms with Gasteiger partial charge in [0.25, 0.3) is 5.56 Å². The van der Waals surface area contributed by atoms with Gasteiger partial charge in [-0.05, 0) is 37.1 Å². The van der Waals surface area contributed by atoms with Gasteiger partial charge in [0.2, 0.25) is 0 Å². The number of nitrogen functional groups attached to an aromatic ring is 1. The van der Waals surface area contributed by atoms with Crippen molar-refractivity contribution in [3.8, 4) is 11.4 Å². The van der Waals surface area contributed by atoms with Crippen molar-refractivity contribution in [1.29, 1.82) is 0 Å². The van der Waals surface area contributed by atoms with Crippen LogP contribution in [-0.2, 0) is 6.42 Å². The molecule has 0 saturated carbocycles. The Morgan fingerprint density at radius 3 is 2.72 bits per heavy atom. The van der Waals surface area contributed by atoms with E-state index in [1.54, 1.807) is 13.0 Å². The zero-order valence-corrected chi connectivity index (χ0v) is 10.2. The Labute approximate surface area is 104 Å². The van der Waals surface area contributed by atoms with Crippen LogP contribution in [0.25, 0.3) is 11.4 Å². The lowest BCUT2D eigenvalue weighted by Gasteiger charge is -2.08. The number of nitrogens with two attached hydrogens (primary N) is 1. The molecule has 1 aromatic carbocycles. The molecule has 2 aromatic rings. The number of nitrogens with one attached hydrogen (secondary N) is 1. The molecular formula is C13H14FN3O. The molecule has 3 N–H and O–H groups in total. The number of benzene rings is 1. The summed E-state index contributed by atoms with van der Waals surface area (Å²) in [4.78, 5) is 18.6. The van der Waals surface area contributed by atoms with Crippen LogP contribution in [-0.4, -0.2) is 9.97 Å².